The SMILES string of the molecule is FC(F)(F)[CH]Oc1ccccc1. The van der Waals surface area contributed by atoms with Gasteiger partial charge in [-0.15, -0.1) is 0 Å². The Labute approximate surface area is 67.8 Å². The number of halogens is 3. The first-order valence-electron chi connectivity index (χ1n) is 3.21. The number of alkyl halides is 3. The molecule has 1 aromatic rings. The van der Waals surface area contributed by atoms with Crippen molar-refractivity contribution in [2.24, 2.45) is 0 Å². The highest BCUT2D eigenvalue weighted by atomic mass is 19.4. The molecule has 0 aliphatic heterocycles. The highest BCUT2D eigenvalue weighted by Gasteiger charge is 2.29. The second-order valence-electron chi connectivity index (χ2n) is 2.09. The minimum atomic E-state index is -4.39. The Hall–Kier alpha value is -1.19. The molecule has 0 spiro atoms. The first kappa shape index (κ1) is 8.90. The third-order valence-corrected chi connectivity index (χ3v) is 1.07. The normalized spacial score (nSPS) is 11.2. The van der Waals surface area contributed by atoms with Gasteiger partial charge in [0.25, 0.3) is 0 Å². The molecule has 0 aromatic heterocycles. The number of ether oxygens (including phenoxy) is 1. The van der Waals surface area contributed by atoms with Gasteiger partial charge in [0.15, 0.2) is 0 Å². The largest absolute Gasteiger partial charge is 0.477 e. The first-order valence-corrected chi connectivity index (χ1v) is 3.21. The highest BCUT2D eigenvalue weighted by Crippen LogP contribution is 2.21. The lowest BCUT2D eigenvalue weighted by Crippen LogP contribution is -2.12. The Morgan fingerprint density at radius 3 is 2.17 bits per heavy atom. The Morgan fingerprint density at radius 1 is 1.08 bits per heavy atom. The van der Waals surface area contributed by atoms with Crippen molar-refractivity contribution < 1.29 is 17.9 Å². The molecule has 12 heavy (non-hydrogen) atoms. The van der Waals surface area contributed by atoms with Crippen molar-refractivity contribution in [3.05, 3.63) is 36.9 Å². The van der Waals surface area contributed by atoms with E-state index in [4.69, 9.17) is 0 Å². The van der Waals surface area contributed by atoms with Crippen LogP contribution < -0.4 is 4.74 Å². The summed E-state index contributed by atoms with van der Waals surface area (Å²) in [6.07, 6.45) is -4.39. The van der Waals surface area contributed by atoms with E-state index in [1.807, 2.05) is 0 Å². The zero-order chi connectivity index (χ0) is 9.03. The van der Waals surface area contributed by atoms with Gasteiger partial charge in [0.1, 0.15) is 5.75 Å². The van der Waals surface area contributed by atoms with E-state index in [0.717, 1.165) is 0 Å². The van der Waals surface area contributed by atoms with Crippen LogP contribution in [0.5, 0.6) is 5.75 Å². The van der Waals surface area contributed by atoms with Crippen LogP contribution in [-0.2, 0) is 0 Å². The lowest BCUT2D eigenvalue weighted by molar-refractivity contribution is -0.122. The quantitative estimate of drug-likeness (QED) is 0.671. The summed E-state index contributed by atoms with van der Waals surface area (Å²) in [6, 6.07) is 7.78. The van der Waals surface area contributed by atoms with Gasteiger partial charge >= 0.3 is 6.18 Å². The van der Waals surface area contributed by atoms with Crippen molar-refractivity contribution in [3.63, 3.8) is 0 Å². The number of rotatable bonds is 2. The van der Waals surface area contributed by atoms with Crippen molar-refractivity contribution in [2.75, 3.05) is 0 Å². The lowest BCUT2D eigenvalue weighted by Gasteiger charge is -2.06. The topological polar surface area (TPSA) is 9.23 Å². The smallest absolute Gasteiger partial charge is 0.429 e. The first-order chi connectivity index (χ1) is 5.58. The highest BCUT2D eigenvalue weighted by molar-refractivity contribution is 5.21. The molecule has 0 fully saturated rings. The average Bonchev–Trinajstić information content (AvgIpc) is 2.02. The zero-order valence-corrected chi connectivity index (χ0v) is 6.01. The predicted octanol–water partition coefficient (Wildman–Crippen LogP) is 2.79. The van der Waals surface area contributed by atoms with Crippen molar-refractivity contribution in [1.82, 2.24) is 0 Å². The monoisotopic (exact) mass is 175 g/mol. The second kappa shape index (κ2) is 3.47. The van der Waals surface area contributed by atoms with Gasteiger partial charge in [0, 0.05) is 0 Å². The maximum Gasteiger partial charge on any atom is 0.429 e. The summed E-state index contributed by atoms with van der Waals surface area (Å²) in [6.45, 7) is -0.150. The van der Waals surface area contributed by atoms with Crippen molar-refractivity contribution in [3.8, 4) is 5.75 Å². The van der Waals surface area contributed by atoms with Crippen molar-refractivity contribution >= 4 is 0 Å². The molecule has 0 heterocycles. The van der Waals surface area contributed by atoms with E-state index in [1.165, 1.54) is 12.1 Å². The molecule has 0 N–H and O–H groups in total. The molecule has 0 aliphatic carbocycles. The van der Waals surface area contributed by atoms with Gasteiger partial charge in [0.05, 0.1) is 0 Å². The maximum absolute atomic E-state index is 11.6. The Kier molecular flexibility index (Phi) is 2.58. The van der Waals surface area contributed by atoms with Crippen LogP contribution in [0.4, 0.5) is 13.2 Å². The molecule has 0 aliphatic rings. The summed E-state index contributed by atoms with van der Waals surface area (Å²) in [7, 11) is 0. The van der Waals surface area contributed by atoms with E-state index in [9.17, 15) is 13.2 Å². The molecule has 0 saturated carbocycles. The molecule has 0 amide bonds. The van der Waals surface area contributed by atoms with Crippen molar-refractivity contribution in [2.45, 2.75) is 6.18 Å². The molecule has 1 rings (SSSR count). The molecule has 1 nitrogen and oxygen atoms in total. The summed E-state index contributed by atoms with van der Waals surface area (Å²) in [4.78, 5) is 0. The number of benzene rings is 1. The van der Waals surface area contributed by atoms with Crippen molar-refractivity contribution in [1.29, 1.82) is 0 Å². The standard InChI is InChI=1S/C8H6F3O/c9-8(10,11)6-12-7-4-2-1-3-5-7/h1-6H. The molecule has 65 valence electrons. The van der Waals surface area contributed by atoms with Gasteiger partial charge in [-0.1, -0.05) is 18.2 Å². The summed E-state index contributed by atoms with van der Waals surface area (Å²) >= 11 is 0. The third-order valence-electron chi connectivity index (χ3n) is 1.07. The van der Waals surface area contributed by atoms with Crippen LogP contribution in [0, 0.1) is 6.61 Å². The van der Waals surface area contributed by atoms with E-state index in [1.54, 1.807) is 18.2 Å². The van der Waals surface area contributed by atoms with E-state index >= 15 is 0 Å². The van der Waals surface area contributed by atoms with Gasteiger partial charge in [0.2, 0.25) is 6.61 Å². The fourth-order valence-electron chi connectivity index (χ4n) is 0.634. The van der Waals surface area contributed by atoms with E-state index in [0.29, 0.717) is 0 Å². The third kappa shape index (κ3) is 3.27. The predicted molar refractivity (Wildman–Crippen MR) is 37.4 cm³/mol. The van der Waals surface area contributed by atoms with Gasteiger partial charge in [-0.05, 0) is 12.1 Å². The van der Waals surface area contributed by atoms with Gasteiger partial charge in [-0.3, -0.25) is 0 Å². The fraction of sp³-hybridized carbons (Fsp3) is 0.125. The number of hydrogen-bond donors (Lipinski definition) is 0. The molecule has 0 atom stereocenters. The van der Waals surface area contributed by atoms with Crippen LogP contribution >= 0.6 is 0 Å². The molecule has 1 aromatic carbocycles. The van der Waals surface area contributed by atoms with Crippen LogP contribution in [0.2, 0.25) is 0 Å². The average molecular weight is 175 g/mol. The minimum absolute atomic E-state index is 0.150. The van der Waals surface area contributed by atoms with E-state index in [2.05, 4.69) is 4.74 Å². The van der Waals surface area contributed by atoms with Gasteiger partial charge < -0.3 is 4.74 Å². The molecular formula is C8H6F3O. The van der Waals surface area contributed by atoms with Crippen LogP contribution in [0.1, 0.15) is 0 Å². The number of hydrogen-bond acceptors (Lipinski definition) is 1. The van der Waals surface area contributed by atoms with E-state index in [-0.39, 0.29) is 12.4 Å². The van der Waals surface area contributed by atoms with Gasteiger partial charge in [-0.25, -0.2) is 0 Å². The molecular weight excluding hydrogens is 169 g/mol. The molecule has 0 unspecified atom stereocenters. The molecule has 0 bridgehead atoms. The Balaban J connectivity index is 2.44. The van der Waals surface area contributed by atoms with E-state index < -0.39 is 6.18 Å². The summed E-state index contributed by atoms with van der Waals surface area (Å²) in [5.41, 5.74) is 0. The van der Waals surface area contributed by atoms with Crippen LogP contribution in [0.15, 0.2) is 30.3 Å². The molecule has 4 heteroatoms. The number of para-hydroxylation sites is 1. The summed E-state index contributed by atoms with van der Waals surface area (Å²) in [5, 5.41) is 0. The minimum Gasteiger partial charge on any atom is -0.477 e. The van der Waals surface area contributed by atoms with Crippen LogP contribution in [0.3, 0.4) is 0 Å². The van der Waals surface area contributed by atoms with Crippen LogP contribution in [-0.4, -0.2) is 6.18 Å². The summed E-state index contributed by atoms with van der Waals surface area (Å²) in [5.74, 6) is 0.176. The van der Waals surface area contributed by atoms with Gasteiger partial charge in [-0.2, -0.15) is 13.2 Å². The molecule has 0 saturated heterocycles. The summed E-state index contributed by atoms with van der Waals surface area (Å²) < 4.78 is 39.0. The fourth-order valence-corrected chi connectivity index (χ4v) is 0.634. The van der Waals surface area contributed by atoms with Crippen LogP contribution in [0.25, 0.3) is 0 Å². The lowest BCUT2D eigenvalue weighted by atomic mass is 10.3. The Morgan fingerprint density at radius 2 is 1.67 bits per heavy atom. The zero-order valence-electron chi connectivity index (χ0n) is 6.01. The Bertz CT molecular complexity index is 230. The second-order valence-corrected chi connectivity index (χ2v) is 2.09. The maximum atomic E-state index is 11.6. The molecule has 1 radical (unpaired) electrons.